The standard InChI is InChI=1S/C11H20N2O5S/c1-9-8-18-7-6-13(9)19(16,17)12-4-2-10(3-5-12)11(14)15/h9-10H,2-8H2,1H3,(H,14,15). The number of carbonyl (C=O) groups is 1. The minimum absolute atomic E-state index is 0.170. The summed E-state index contributed by atoms with van der Waals surface area (Å²) in [5, 5.41) is 8.92. The molecule has 0 spiro atoms. The van der Waals surface area contributed by atoms with Crippen LogP contribution in [-0.4, -0.2) is 67.0 Å². The van der Waals surface area contributed by atoms with Crippen LogP contribution in [-0.2, 0) is 19.7 Å². The maximum atomic E-state index is 12.5. The van der Waals surface area contributed by atoms with Crippen LogP contribution in [0.4, 0.5) is 0 Å². The van der Waals surface area contributed by atoms with Gasteiger partial charge in [0.2, 0.25) is 0 Å². The molecule has 0 bridgehead atoms. The fraction of sp³-hybridized carbons (Fsp3) is 0.909. The van der Waals surface area contributed by atoms with Crippen molar-refractivity contribution in [3.8, 4) is 0 Å². The lowest BCUT2D eigenvalue weighted by atomic mass is 9.99. The normalized spacial score (nSPS) is 28.4. The van der Waals surface area contributed by atoms with Gasteiger partial charge in [-0.3, -0.25) is 4.79 Å². The average Bonchev–Trinajstić information content (AvgIpc) is 2.39. The smallest absolute Gasteiger partial charge is 0.306 e. The van der Waals surface area contributed by atoms with E-state index in [1.165, 1.54) is 8.61 Å². The highest BCUT2D eigenvalue weighted by Crippen LogP contribution is 2.23. The molecule has 2 aliphatic rings. The molecule has 0 amide bonds. The molecule has 2 aliphatic heterocycles. The highest BCUT2D eigenvalue weighted by atomic mass is 32.2. The lowest BCUT2D eigenvalue weighted by Gasteiger charge is -2.38. The van der Waals surface area contributed by atoms with E-state index in [1.807, 2.05) is 6.92 Å². The van der Waals surface area contributed by atoms with Crippen LogP contribution in [0.1, 0.15) is 19.8 Å². The zero-order valence-electron chi connectivity index (χ0n) is 11.0. The third-order valence-corrected chi connectivity index (χ3v) is 5.89. The summed E-state index contributed by atoms with van der Waals surface area (Å²) in [6, 6.07) is -0.170. The molecule has 0 radical (unpaired) electrons. The third kappa shape index (κ3) is 3.07. The van der Waals surface area contributed by atoms with Crippen molar-refractivity contribution in [2.45, 2.75) is 25.8 Å². The summed E-state index contributed by atoms with van der Waals surface area (Å²) in [5.74, 6) is -1.26. The molecule has 2 fully saturated rings. The Bertz CT molecular complexity index is 430. The van der Waals surface area contributed by atoms with Crippen LogP contribution in [0, 0.1) is 5.92 Å². The van der Waals surface area contributed by atoms with Crippen molar-refractivity contribution in [2.24, 2.45) is 5.92 Å². The Hall–Kier alpha value is -0.700. The summed E-state index contributed by atoms with van der Waals surface area (Å²) in [7, 11) is -3.49. The molecule has 0 aromatic heterocycles. The molecule has 8 heteroatoms. The first-order valence-corrected chi connectivity index (χ1v) is 7.90. The first-order valence-electron chi connectivity index (χ1n) is 6.50. The minimum Gasteiger partial charge on any atom is -0.481 e. The Balaban J connectivity index is 2.03. The number of morpholine rings is 1. The molecule has 110 valence electrons. The van der Waals surface area contributed by atoms with Crippen LogP contribution >= 0.6 is 0 Å². The van der Waals surface area contributed by atoms with Gasteiger partial charge >= 0.3 is 5.97 Å². The molecule has 1 atom stereocenters. The number of rotatable bonds is 3. The Labute approximate surface area is 113 Å². The summed E-state index contributed by atoms with van der Waals surface area (Å²) in [6.07, 6.45) is 0.764. The highest BCUT2D eigenvalue weighted by Gasteiger charge is 2.37. The SMILES string of the molecule is CC1COCCN1S(=O)(=O)N1CCC(C(=O)O)CC1. The van der Waals surface area contributed by atoms with Gasteiger partial charge in [-0.1, -0.05) is 0 Å². The van der Waals surface area contributed by atoms with Gasteiger partial charge in [-0.15, -0.1) is 0 Å². The number of ether oxygens (including phenoxy) is 1. The summed E-state index contributed by atoms with van der Waals surface area (Å²) >= 11 is 0. The Kier molecular flexibility index (Phi) is 4.44. The topological polar surface area (TPSA) is 87.2 Å². The molecule has 2 rings (SSSR count). The molecule has 2 saturated heterocycles. The number of hydrogen-bond donors (Lipinski definition) is 1. The van der Waals surface area contributed by atoms with Crippen molar-refractivity contribution in [3.05, 3.63) is 0 Å². The highest BCUT2D eigenvalue weighted by molar-refractivity contribution is 7.86. The molecule has 0 aromatic carbocycles. The maximum Gasteiger partial charge on any atom is 0.306 e. The summed E-state index contributed by atoms with van der Waals surface area (Å²) < 4.78 is 33.0. The first kappa shape index (κ1) is 14.7. The van der Waals surface area contributed by atoms with E-state index in [0.29, 0.717) is 32.6 Å². The predicted octanol–water partition coefficient (Wildman–Crippen LogP) is -0.251. The van der Waals surface area contributed by atoms with Crippen molar-refractivity contribution in [2.75, 3.05) is 32.8 Å². The molecule has 7 nitrogen and oxygen atoms in total. The summed E-state index contributed by atoms with van der Waals surface area (Å²) in [4.78, 5) is 10.9. The van der Waals surface area contributed by atoms with Crippen LogP contribution in [0.5, 0.6) is 0 Å². The monoisotopic (exact) mass is 292 g/mol. The van der Waals surface area contributed by atoms with Crippen molar-refractivity contribution in [1.29, 1.82) is 0 Å². The number of carboxylic acids is 1. The fourth-order valence-corrected chi connectivity index (χ4v) is 4.33. The lowest BCUT2D eigenvalue weighted by Crippen LogP contribution is -2.54. The van der Waals surface area contributed by atoms with E-state index < -0.39 is 22.1 Å². The van der Waals surface area contributed by atoms with E-state index in [2.05, 4.69) is 0 Å². The van der Waals surface area contributed by atoms with E-state index in [4.69, 9.17) is 9.84 Å². The van der Waals surface area contributed by atoms with E-state index in [-0.39, 0.29) is 19.1 Å². The molecule has 0 aliphatic carbocycles. The Morgan fingerprint density at radius 2 is 1.89 bits per heavy atom. The van der Waals surface area contributed by atoms with Crippen LogP contribution in [0.2, 0.25) is 0 Å². The van der Waals surface area contributed by atoms with E-state index in [9.17, 15) is 13.2 Å². The van der Waals surface area contributed by atoms with Crippen LogP contribution in [0.25, 0.3) is 0 Å². The van der Waals surface area contributed by atoms with E-state index in [1.54, 1.807) is 0 Å². The van der Waals surface area contributed by atoms with Gasteiger partial charge in [0.05, 0.1) is 19.1 Å². The molecule has 19 heavy (non-hydrogen) atoms. The zero-order valence-corrected chi connectivity index (χ0v) is 11.8. The molecule has 1 N–H and O–H groups in total. The molecule has 2 heterocycles. The van der Waals surface area contributed by atoms with Gasteiger partial charge in [0, 0.05) is 25.7 Å². The first-order chi connectivity index (χ1) is 8.93. The lowest BCUT2D eigenvalue weighted by molar-refractivity contribution is -0.142. The molecular weight excluding hydrogens is 272 g/mol. The second kappa shape index (κ2) is 5.74. The van der Waals surface area contributed by atoms with Gasteiger partial charge in [-0.05, 0) is 19.8 Å². The maximum absolute atomic E-state index is 12.5. The van der Waals surface area contributed by atoms with Crippen molar-refractivity contribution in [1.82, 2.24) is 8.61 Å². The molecular formula is C11H20N2O5S. The largest absolute Gasteiger partial charge is 0.481 e. The summed E-state index contributed by atoms with van der Waals surface area (Å²) in [6.45, 7) is 3.57. The second-order valence-electron chi connectivity index (χ2n) is 5.05. The Morgan fingerprint density at radius 1 is 1.26 bits per heavy atom. The van der Waals surface area contributed by atoms with Crippen molar-refractivity contribution in [3.63, 3.8) is 0 Å². The van der Waals surface area contributed by atoms with Crippen molar-refractivity contribution >= 4 is 16.2 Å². The van der Waals surface area contributed by atoms with Gasteiger partial charge in [0.1, 0.15) is 0 Å². The average molecular weight is 292 g/mol. The van der Waals surface area contributed by atoms with Gasteiger partial charge in [0.25, 0.3) is 10.2 Å². The Morgan fingerprint density at radius 3 is 2.42 bits per heavy atom. The molecule has 0 saturated carbocycles. The number of piperidine rings is 1. The van der Waals surface area contributed by atoms with Gasteiger partial charge in [-0.2, -0.15) is 17.0 Å². The zero-order chi connectivity index (χ0) is 14.0. The molecule has 1 unspecified atom stereocenters. The number of carboxylic acid groups (broad SMARTS) is 1. The summed E-state index contributed by atoms with van der Waals surface area (Å²) in [5.41, 5.74) is 0. The minimum atomic E-state index is -3.49. The predicted molar refractivity (Wildman–Crippen MR) is 67.8 cm³/mol. The van der Waals surface area contributed by atoms with Gasteiger partial charge < -0.3 is 9.84 Å². The second-order valence-corrected chi connectivity index (χ2v) is 6.94. The molecule has 0 aromatic rings. The fourth-order valence-electron chi connectivity index (χ4n) is 2.54. The van der Waals surface area contributed by atoms with Gasteiger partial charge in [0.15, 0.2) is 0 Å². The number of hydrogen-bond acceptors (Lipinski definition) is 4. The number of aliphatic carboxylic acids is 1. The van der Waals surface area contributed by atoms with Crippen LogP contribution in [0.15, 0.2) is 0 Å². The van der Waals surface area contributed by atoms with Crippen molar-refractivity contribution < 1.29 is 23.1 Å². The van der Waals surface area contributed by atoms with Gasteiger partial charge in [-0.25, -0.2) is 0 Å². The van der Waals surface area contributed by atoms with E-state index >= 15 is 0 Å². The van der Waals surface area contributed by atoms with E-state index in [0.717, 1.165) is 0 Å². The number of nitrogens with zero attached hydrogens (tertiary/aromatic N) is 2. The van der Waals surface area contributed by atoms with Crippen LogP contribution < -0.4 is 0 Å². The third-order valence-electron chi connectivity index (χ3n) is 3.73. The van der Waals surface area contributed by atoms with Crippen LogP contribution in [0.3, 0.4) is 0 Å². The quantitative estimate of drug-likeness (QED) is 0.775.